The molecule has 1 aromatic carbocycles. The molecule has 0 bridgehead atoms. The summed E-state index contributed by atoms with van der Waals surface area (Å²) in [5, 5.41) is 1.17. The molecule has 0 atom stereocenters. The Kier molecular flexibility index (Phi) is 12.5. The Morgan fingerprint density at radius 2 is 1.89 bits per heavy atom. The van der Waals surface area contributed by atoms with Crippen molar-refractivity contribution >= 4 is 33.9 Å². The van der Waals surface area contributed by atoms with E-state index in [0.717, 1.165) is 6.42 Å². The SMILES string of the molecule is O=[C]=[Fe]=[C]=O.[C-]1=CC=CC1.[CH2-][Si](Cl)c1ccccc1. The molecule has 0 N–H and O–H groups in total. The predicted octanol–water partition coefficient (Wildman–Crippen LogP) is 2.01. The van der Waals surface area contributed by atoms with Crippen molar-refractivity contribution in [3.63, 3.8) is 0 Å². The number of halogens is 1. The second kappa shape index (κ2) is 13.3. The summed E-state index contributed by atoms with van der Waals surface area (Å²) in [6.45, 7) is 3.78. The summed E-state index contributed by atoms with van der Waals surface area (Å²) in [6.07, 6.45) is 10.0. The van der Waals surface area contributed by atoms with E-state index in [4.69, 9.17) is 20.7 Å². The van der Waals surface area contributed by atoms with Gasteiger partial charge in [0.2, 0.25) is 0 Å². The Morgan fingerprint density at radius 1 is 1.26 bits per heavy atom. The summed E-state index contributed by atoms with van der Waals surface area (Å²) in [5.41, 5.74) is 0. The van der Waals surface area contributed by atoms with Crippen LogP contribution in [0.4, 0.5) is 0 Å². The molecule has 1 radical (unpaired) electrons. The van der Waals surface area contributed by atoms with Gasteiger partial charge in [-0.1, -0.05) is 35.5 Å². The maximum absolute atomic E-state index is 9.02. The average molecular weight is 332 g/mol. The maximum Gasteiger partial charge on any atom is 0.0299 e. The fourth-order valence-electron chi connectivity index (χ4n) is 0.974. The van der Waals surface area contributed by atoms with Gasteiger partial charge in [0.1, 0.15) is 0 Å². The number of hydrogen-bond acceptors (Lipinski definition) is 2. The number of benzene rings is 1. The predicted molar refractivity (Wildman–Crippen MR) is 76.0 cm³/mol. The third kappa shape index (κ3) is 11.7. The van der Waals surface area contributed by atoms with Gasteiger partial charge >= 0.3 is 33.2 Å². The van der Waals surface area contributed by atoms with Crippen LogP contribution in [0.15, 0.2) is 48.6 Å². The van der Waals surface area contributed by atoms with E-state index in [1.165, 1.54) is 14.8 Å². The second-order valence-electron chi connectivity index (χ2n) is 3.01. The van der Waals surface area contributed by atoms with E-state index < -0.39 is 8.11 Å². The Bertz CT molecular complexity index is 488. The van der Waals surface area contributed by atoms with Gasteiger partial charge in [-0.25, -0.2) is 23.2 Å². The molecule has 0 aromatic heterocycles. The molecule has 5 heteroatoms. The molecule has 0 heterocycles. The molecule has 19 heavy (non-hydrogen) atoms. The molecule has 0 saturated carbocycles. The molecular formula is C14H12ClFeO2Si-2. The van der Waals surface area contributed by atoms with Crippen LogP contribution in [0.5, 0.6) is 0 Å². The zero-order valence-electron chi connectivity index (χ0n) is 10.1. The van der Waals surface area contributed by atoms with Gasteiger partial charge in [0, 0.05) is 8.11 Å². The molecule has 0 aliphatic heterocycles. The summed E-state index contributed by atoms with van der Waals surface area (Å²) in [4.78, 5) is 20.7. The first-order valence-electron chi connectivity index (χ1n) is 5.18. The molecule has 1 aliphatic carbocycles. The zero-order chi connectivity index (χ0) is 14.3. The first kappa shape index (κ1) is 17.9. The summed E-state index contributed by atoms with van der Waals surface area (Å²) in [6, 6.07) is 9.95. The van der Waals surface area contributed by atoms with Gasteiger partial charge in [-0.15, -0.1) is 6.42 Å². The van der Waals surface area contributed by atoms with Gasteiger partial charge in [-0.3, -0.25) is 6.08 Å². The Balaban J connectivity index is 0.000000278. The van der Waals surface area contributed by atoms with Crippen LogP contribution in [0.25, 0.3) is 0 Å². The minimum absolute atomic E-state index is 0.222. The quantitative estimate of drug-likeness (QED) is 0.448. The Morgan fingerprint density at radius 3 is 2.11 bits per heavy atom. The number of rotatable bonds is 1. The standard InChI is InChI=1S/C7H7ClSi.C5H5.2CO.Fe/c1-9(8)7-5-3-2-4-6-7;1-2-4-5-3-1;2*1-2;/h2-6H,1H2;1-3H,4H2;;;/q2*-1;;;. The largest absolute Gasteiger partial charge is 0.326 e. The zero-order valence-corrected chi connectivity index (χ0v) is 12.9. The van der Waals surface area contributed by atoms with Gasteiger partial charge in [-0.05, 0) is 0 Å². The van der Waals surface area contributed by atoms with Gasteiger partial charge in [0.15, 0.2) is 0 Å². The molecule has 101 valence electrons. The summed E-state index contributed by atoms with van der Waals surface area (Å²) in [5.74, 6) is 0. The van der Waals surface area contributed by atoms with Gasteiger partial charge < -0.3 is 6.55 Å². The third-order valence-electron chi connectivity index (χ3n) is 1.75. The number of carbonyl (C=O) groups excluding carboxylic acids is 2. The van der Waals surface area contributed by atoms with E-state index in [0.29, 0.717) is 0 Å². The summed E-state index contributed by atoms with van der Waals surface area (Å²) < 4.78 is 0. The molecule has 1 aliphatic rings. The molecule has 2 rings (SSSR count). The topological polar surface area (TPSA) is 34.1 Å². The fraction of sp³-hybridized carbons (Fsp3) is 0.0714. The molecule has 0 unspecified atom stereocenters. The van der Waals surface area contributed by atoms with Crippen LogP contribution in [-0.4, -0.2) is 17.7 Å². The van der Waals surface area contributed by atoms with Gasteiger partial charge in [0.05, 0.1) is 0 Å². The second-order valence-corrected chi connectivity index (χ2v) is 6.49. The molecular weight excluding hydrogens is 320 g/mol. The monoisotopic (exact) mass is 331 g/mol. The van der Waals surface area contributed by atoms with Crippen LogP contribution in [0.2, 0.25) is 0 Å². The summed E-state index contributed by atoms with van der Waals surface area (Å²) in [7, 11) is -0.990. The van der Waals surface area contributed by atoms with Gasteiger partial charge in [-0.2, -0.15) is 6.08 Å². The number of allylic oxidation sites excluding steroid dienone is 4. The van der Waals surface area contributed by atoms with E-state index >= 15 is 0 Å². The van der Waals surface area contributed by atoms with E-state index in [2.05, 4.69) is 18.7 Å². The van der Waals surface area contributed by atoms with Gasteiger partial charge in [0.25, 0.3) is 0 Å². The summed E-state index contributed by atoms with van der Waals surface area (Å²) >= 11 is 5.57. The Hall–Kier alpha value is -1.11. The number of hydrogen-bond donors (Lipinski definition) is 0. The van der Waals surface area contributed by atoms with E-state index in [-0.39, 0.29) is 14.1 Å². The van der Waals surface area contributed by atoms with Crippen molar-refractivity contribution in [3.8, 4) is 0 Å². The van der Waals surface area contributed by atoms with Crippen molar-refractivity contribution in [2.75, 3.05) is 0 Å². The molecule has 2 nitrogen and oxygen atoms in total. The van der Waals surface area contributed by atoms with Crippen LogP contribution in [-0.2, 0) is 23.7 Å². The normalized spacial score (nSPS) is 10.7. The van der Waals surface area contributed by atoms with Crippen molar-refractivity contribution in [2.45, 2.75) is 6.42 Å². The molecule has 0 saturated heterocycles. The van der Waals surface area contributed by atoms with Crippen LogP contribution in [0.1, 0.15) is 6.42 Å². The molecule has 1 aromatic rings. The van der Waals surface area contributed by atoms with Crippen molar-refractivity contribution in [1.82, 2.24) is 0 Å². The molecule has 0 spiro atoms. The first-order chi connectivity index (χ1) is 9.22. The third-order valence-corrected chi connectivity index (χ3v) is 3.58. The molecule has 0 fully saturated rings. The first-order valence-corrected chi connectivity index (χ1v) is 9.01. The van der Waals surface area contributed by atoms with Crippen molar-refractivity contribution in [1.29, 1.82) is 0 Å². The minimum Gasteiger partial charge on any atom is -0.326 e. The van der Waals surface area contributed by atoms with E-state index in [1.807, 2.05) is 42.5 Å². The van der Waals surface area contributed by atoms with E-state index in [9.17, 15) is 0 Å². The molecule has 0 amide bonds. The average Bonchev–Trinajstić information content (AvgIpc) is 3.00. The van der Waals surface area contributed by atoms with E-state index in [1.54, 1.807) is 0 Å². The van der Waals surface area contributed by atoms with Crippen molar-refractivity contribution < 1.29 is 23.7 Å². The van der Waals surface area contributed by atoms with Crippen molar-refractivity contribution in [3.05, 3.63) is 61.2 Å². The Labute approximate surface area is 125 Å². The maximum atomic E-state index is 9.02. The van der Waals surface area contributed by atoms with Crippen molar-refractivity contribution in [2.24, 2.45) is 0 Å². The smallest absolute Gasteiger partial charge is 0.0299 e. The van der Waals surface area contributed by atoms with Crippen LogP contribution in [0.3, 0.4) is 0 Å². The van der Waals surface area contributed by atoms with Crippen LogP contribution in [0, 0.1) is 12.6 Å². The fourth-order valence-corrected chi connectivity index (χ4v) is 1.95. The van der Waals surface area contributed by atoms with Crippen LogP contribution < -0.4 is 5.19 Å². The minimum atomic E-state index is -0.990. The van der Waals surface area contributed by atoms with Crippen LogP contribution >= 0.6 is 11.1 Å².